The first kappa shape index (κ1) is 15.0. The highest BCUT2D eigenvalue weighted by Gasteiger charge is 2.18. The van der Waals surface area contributed by atoms with Crippen molar-refractivity contribution in [3.63, 3.8) is 0 Å². The van der Waals surface area contributed by atoms with Crippen molar-refractivity contribution < 1.29 is 14.3 Å². The average molecular weight is 282 g/mol. The normalized spacial score (nSPS) is 10.2. The Hall–Kier alpha value is -2.42. The number of hydrogen-bond donors (Lipinski definition) is 0. The molecular weight excluding hydrogens is 264 g/mol. The van der Waals surface area contributed by atoms with E-state index in [1.165, 1.54) is 0 Å². The van der Waals surface area contributed by atoms with Crippen LogP contribution in [0.5, 0.6) is 0 Å². The van der Waals surface area contributed by atoms with Crippen LogP contribution < -0.4 is 0 Å². The summed E-state index contributed by atoms with van der Waals surface area (Å²) < 4.78 is 4.99. The molecule has 0 saturated heterocycles. The van der Waals surface area contributed by atoms with E-state index in [9.17, 15) is 9.59 Å². The average Bonchev–Trinajstić information content (AvgIpc) is 2.54. The summed E-state index contributed by atoms with van der Waals surface area (Å²) in [5, 5.41) is 0. The van der Waals surface area contributed by atoms with E-state index in [0.717, 1.165) is 24.0 Å². The molecule has 108 valence electrons. The third-order valence-electron chi connectivity index (χ3n) is 3.42. The molecule has 0 radical (unpaired) electrons. The first-order chi connectivity index (χ1) is 10.2. The van der Waals surface area contributed by atoms with Crippen LogP contribution in [0, 0.1) is 0 Å². The molecule has 2 rings (SSSR count). The molecule has 0 N–H and O–H groups in total. The molecule has 0 heterocycles. The van der Waals surface area contributed by atoms with E-state index in [0.29, 0.717) is 11.1 Å². The largest absolute Gasteiger partial charge is 0.386 e. The maximum Gasteiger partial charge on any atom is 0.346 e. The van der Waals surface area contributed by atoms with Gasteiger partial charge in [0, 0.05) is 0 Å². The van der Waals surface area contributed by atoms with E-state index in [2.05, 4.69) is 0 Å². The molecule has 0 fully saturated rings. The Morgan fingerprint density at radius 1 is 0.857 bits per heavy atom. The zero-order valence-corrected chi connectivity index (χ0v) is 12.3. The number of carbonyl (C=O) groups excluding carboxylic acids is 2. The molecule has 0 atom stereocenters. The molecule has 3 heteroatoms. The number of aryl methyl sites for hydroxylation is 1. The molecular formula is C18H18O3. The van der Waals surface area contributed by atoms with Gasteiger partial charge < -0.3 is 4.74 Å². The molecule has 2 aromatic rings. The highest BCUT2D eigenvalue weighted by Crippen LogP contribution is 2.18. The zero-order chi connectivity index (χ0) is 15.2. The minimum atomic E-state index is -0.621. The van der Waals surface area contributed by atoms with Gasteiger partial charge in [0.15, 0.2) is 0 Å². The van der Waals surface area contributed by atoms with E-state index >= 15 is 0 Å². The number of esters is 2. The zero-order valence-electron chi connectivity index (χ0n) is 12.3. The third kappa shape index (κ3) is 3.37. The Balaban J connectivity index is 2.23. The topological polar surface area (TPSA) is 43.4 Å². The summed E-state index contributed by atoms with van der Waals surface area (Å²) in [6, 6.07) is 14.0. The lowest BCUT2D eigenvalue weighted by Crippen LogP contribution is -2.15. The quantitative estimate of drug-likeness (QED) is 0.632. The van der Waals surface area contributed by atoms with Crippen molar-refractivity contribution >= 4 is 11.9 Å². The number of hydrogen-bond acceptors (Lipinski definition) is 3. The van der Waals surface area contributed by atoms with Crippen molar-refractivity contribution in [1.82, 2.24) is 0 Å². The van der Waals surface area contributed by atoms with Crippen LogP contribution in [-0.2, 0) is 17.6 Å². The Morgan fingerprint density at radius 3 is 2.19 bits per heavy atom. The van der Waals surface area contributed by atoms with Crippen LogP contribution in [0.25, 0.3) is 0 Å². The second-order valence-electron chi connectivity index (χ2n) is 4.69. The van der Waals surface area contributed by atoms with Crippen molar-refractivity contribution in [2.45, 2.75) is 26.7 Å². The fourth-order valence-corrected chi connectivity index (χ4v) is 2.35. The third-order valence-corrected chi connectivity index (χ3v) is 3.42. The first-order valence-corrected chi connectivity index (χ1v) is 7.09. The molecule has 3 nitrogen and oxygen atoms in total. The second-order valence-corrected chi connectivity index (χ2v) is 4.69. The van der Waals surface area contributed by atoms with Gasteiger partial charge in [-0.25, -0.2) is 9.59 Å². The highest BCUT2D eigenvalue weighted by molar-refractivity contribution is 6.03. The Labute approximate surface area is 124 Å². The lowest BCUT2D eigenvalue weighted by Gasteiger charge is -2.11. The van der Waals surface area contributed by atoms with Gasteiger partial charge in [-0.15, -0.1) is 0 Å². The Morgan fingerprint density at radius 2 is 1.57 bits per heavy atom. The van der Waals surface area contributed by atoms with Crippen molar-refractivity contribution in [1.29, 1.82) is 0 Å². The highest BCUT2D eigenvalue weighted by atomic mass is 16.6. The van der Waals surface area contributed by atoms with Gasteiger partial charge >= 0.3 is 11.9 Å². The predicted octanol–water partition coefficient (Wildman–Crippen LogP) is 3.81. The summed E-state index contributed by atoms with van der Waals surface area (Å²) in [6.45, 7) is 4.03. The summed E-state index contributed by atoms with van der Waals surface area (Å²) in [4.78, 5) is 24.2. The van der Waals surface area contributed by atoms with Gasteiger partial charge in [0.25, 0.3) is 0 Å². The van der Waals surface area contributed by atoms with Gasteiger partial charge in [-0.1, -0.05) is 44.2 Å². The standard InChI is InChI=1S/C18H18O3/c1-3-13-11-8-12-16(15(13)4-2)18(20)21-17(19)14-9-6-5-7-10-14/h5-12H,3-4H2,1-2H3. The molecule has 0 aliphatic carbocycles. The van der Waals surface area contributed by atoms with Crippen molar-refractivity contribution in [2.75, 3.05) is 0 Å². The molecule has 0 saturated carbocycles. The van der Waals surface area contributed by atoms with E-state index in [1.807, 2.05) is 26.0 Å². The maximum absolute atomic E-state index is 12.2. The van der Waals surface area contributed by atoms with Gasteiger partial charge in [-0.05, 0) is 42.2 Å². The smallest absolute Gasteiger partial charge is 0.346 e. The second kappa shape index (κ2) is 6.84. The summed E-state index contributed by atoms with van der Waals surface area (Å²) in [5.41, 5.74) is 2.90. The van der Waals surface area contributed by atoms with E-state index in [-0.39, 0.29) is 0 Å². The Bertz CT molecular complexity index is 645. The molecule has 2 aromatic carbocycles. The Kier molecular flexibility index (Phi) is 4.88. The van der Waals surface area contributed by atoms with E-state index < -0.39 is 11.9 Å². The molecule has 0 amide bonds. The molecule has 0 aromatic heterocycles. The first-order valence-electron chi connectivity index (χ1n) is 7.09. The lowest BCUT2D eigenvalue weighted by atomic mass is 9.97. The summed E-state index contributed by atoms with van der Waals surface area (Å²) in [7, 11) is 0. The van der Waals surface area contributed by atoms with E-state index in [4.69, 9.17) is 4.74 Å². The van der Waals surface area contributed by atoms with Crippen molar-refractivity contribution in [3.05, 3.63) is 70.8 Å². The molecule has 0 aliphatic heterocycles. The van der Waals surface area contributed by atoms with Gasteiger partial charge in [0.05, 0.1) is 11.1 Å². The summed E-state index contributed by atoms with van der Waals surface area (Å²) in [5.74, 6) is -1.21. The number of carbonyl (C=O) groups is 2. The number of ether oxygens (including phenoxy) is 1. The van der Waals surface area contributed by atoms with Crippen molar-refractivity contribution in [3.8, 4) is 0 Å². The van der Waals surface area contributed by atoms with Crippen LogP contribution in [-0.4, -0.2) is 11.9 Å². The van der Waals surface area contributed by atoms with Crippen LogP contribution in [0.2, 0.25) is 0 Å². The van der Waals surface area contributed by atoms with Gasteiger partial charge in [0.1, 0.15) is 0 Å². The predicted molar refractivity (Wildman–Crippen MR) is 81.4 cm³/mol. The molecule has 0 bridgehead atoms. The fourth-order valence-electron chi connectivity index (χ4n) is 2.35. The fraction of sp³-hybridized carbons (Fsp3) is 0.222. The van der Waals surface area contributed by atoms with Crippen LogP contribution in [0.1, 0.15) is 45.7 Å². The number of benzene rings is 2. The van der Waals surface area contributed by atoms with E-state index in [1.54, 1.807) is 36.4 Å². The molecule has 0 unspecified atom stereocenters. The SMILES string of the molecule is CCc1cccc(C(=O)OC(=O)c2ccccc2)c1CC. The molecule has 21 heavy (non-hydrogen) atoms. The maximum atomic E-state index is 12.2. The van der Waals surface area contributed by atoms with Crippen molar-refractivity contribution in [2.24, 2.45) is 0 Å². The molecule has 0 aliphatic rings. The van der Waals surface area contributed by atoms with Gasteiger partial charge in [-0.2, -0.15) is 0 Å². The summed E-state index contributed by atoms with van der Waals surface area (Å²) in [6.07, 6.45) is 1.57. The van der Waals surface area contributed by atoms with Crippen LogP contribution in [0.3, 0.4) is 0 Å². The number of rotatable bonds is 4. The molecule has 0 spiro atoms. The monoisotopic (exact) mass is 282 g/mol. The van der Waals surface area contributed by atoms with Gasteiger partial charge in [-0.3, -0.25) is 0 Å². The van der Waals surface area contributed by atoms with Crippen LogP contribution in [0.4, 0.5) is 0 Å². The van der Waals surface area contributed by atoms with Crippen LogP contribution in [0.15, 0.2) is 48.5 Å². The van der Waals surface area contributed by atoms with Crippen LogP contribution >= 0.6 is 0 Å². The lowest BCUT2D eigenvalue weighted by molar-refractivity contribution is 0.0397. The minimum Gasteiger partial charge on any atom is -0.386 e. The minimum absolute atomic E-state index is 0.371. The van der Waals surface area contributed by atoms with Gasteiger partial charge in [0.2, 0.25) is 0 Å². The summed E-state index contributed by atoms with van der Waals surface area (Å²) >= 11 is 0.